The van der Waals surface area contributed by atoms with Gasteiger partial charge in [0.15, 0.2) is 5.13 Å². The predicted octanol–water partition coefficient (Wildman–Crippen LogP) is 5.09. The van der Waals surface area contributed by atoms with Gasteiger partial charge in [-0.2, -0.15) is 4.31 Å². The van der Waals surface area contributed by atoms with E-state index in [1.165, 1.54) is 11.1 Å². The highest BCUT2D eigenvalue weighted by Gasteiger charge is 2.29. The van der Waals surface area contributed by atoms with Crippen molar-refractivity contribution in [3.05, 3.63) is 76.3 Å². The Kier molecular flexibility index (Phi) is 7.66. The molecule has 8 heteroatoms. The van der Waals surface area contributed by atoms with E-state index < -0.39 is 10.0 Å². The highest BCUT2D eigenvalue weighted by Crippen LogP contribution is 2.25. The second-order valence-corrected chi connectivity index (χ2v) is 11.4. The third-order valence-electron chi connectivity index (χ3n) is 5.71. The third kappa shape index (κ3) is 5.42. The average molecular weight is 535 g/mol. The summed E-state index contributed by atoms with van der Waals surface area (Å²) in [6.07, 6.45) is 3.10. The molecule has 0 saturated carbocycles. The van der Waals surface area contributed by atoms with E-state index in [4.69, 9.17) is 4.98 Å². The minimum Gasteiger partial charge on any atom is -0.345 e. The Balaban J connectivity index is 1.35. The Labute approximate surface area is 203 Å². The number of benzene rings is 2. The molecule has 1 aliphatic rings. The lowest BCUT2D eigenvalue weighted by atomic mass is 10.1. The van der Waals surface area contributed by atoms with E-state index in [9.17, 15) is 8.42 Å². The van der Waals surface area contributed by atoms with Crippen molar-refractivity contribution in [2.24, 2.45) is 0 Å². The molecule has 5 nitrogen and oxygen atoms in total. The van der Waals surface area contributed by atoms with Gasteiger partial charge in [0.1, 0.15) is 0 Å². The molecule has 0 aliphatic carbocycles. The number of hydrogen-bond donors (Lipinski definition) is 0. The van der Waals surface area contributed by atoms with E-state index in [1.807, 2.05) is 12.1 Å². The Bertz CT molecular complexity index is 1120. The number of thiazole rings is 1. The number of halogens is 1. The first-order chi connectivity index (χ1) is 15.5. The molecule has 0 spiro atoms. The molecule has 1 fully saturated rings. The fourth-order valence-corrected chi connectivity index (χ4v) is 6.54. The zero-order chi connectivity index (χ0) is 22.6. The topological polar surface area (TPSA) is 53.5 Å². The van der Waals surface area contributed by atoms with Crippen LogP contribution in [0.2, 0.25) is 0 Å². The number of piperazine rings is 1. The molecule has 1 aromatic heterocycles. The Morgan fingerprint density at radius 1 is 0.938 bits per heavy atom. The first kappa shape index (κ1) is 23.4. The number of rotatable bonds is 8. The van der Waals surface area contributed by atoms with Gasteiger partial charge >= 0.3 is 0 Å². The lowest BCUT2D eigenvalue weighted by molar-refractivity contribution is 0.384. The Morgan fingerprint density at radius 3 is 2.19 bits per heavy atom. The molecule has 0 bridgehead atoms. The molecule has 2 heterocycles. The summed E-state index contributed by atoms with van der Waals surface area (Å²) in [6, 6.07) is 15.9. The van der Waals surface area contributed by atoms with Crippen LogP contribution in [0.4, 0.5) is 5.13 Å². The Morgan fingerprint density at radius 2 is 1.56 bits per heavy atom. The number of anilines is 1. The number of aryl methyl sites for hydroxylation is 1. The normalized spacial score (nSPS) is 15.2. The molecular weight excluding hydrogens is 506 g/mol. The van der Waals surface area contributed by atoms with Crippen LogP contribution < -0.4 is 4.90 Å². The Hall–Kier alpha value is -1.74. The van der Waals surface area contributed by atoms with Crippen LogP contribution in [-0.2, 0) is 28.2 Å². The van der Waals surface area contributed by atoms with Crippen LogP contribution in [0.25, 0.3) is 0 Å². The van der Waals surface area contributed by atoms with Crippen LogP contribution >= 0.6 is 27.3 Å². The van der Waals surface area contributed by atoms with Gasteiger partial charge in [0.05, 0.1) is 10.6 Å². The van der Waals surface area contributed by atoms with E-state index in [1.54, 1.807) is 27.8 Å². The van der Waals surface area contributed by atoms with Gasteiger partial charge in [-0.3, -0.25) is 0 Å². The van der Waals surface area contributed by atoms with Crippen LogP contribution in [0.3, 0.4) is 0 Å². The first-order valence-corrected chi connectivity index (χ1v) is 14.4. The lowest BCUT2D eigenvalue weighted by Gasteiger charge is -2.33. The van der Waals surface area contributed by atoms with Crippen molar-refractivity contribution < 1.29 is 8.42 Å². The van der Waals surface area contributed by atoms with Gasteiger partial charge in [-0.1, -0.05) is 65.7 Å². The number of sulfonamides is 1. The maximum absolute atomic E-state index is 13.0. The van der Waals surface area contributed by atoms with Crippen molar-refractivity contribution in [3.63, 3.8) is 0 Å². The summed E-state index contributed by atoms with van der Waals surface area (Å²) in [5.74, 6) is 0. The van der Waals surface area contributed by atoms with Gasteiger partial charge in [-0.15, -0.1) is 11.3 Å². The highest BCUT2D eigenvalue weighted by atomic mass is 79.9. The van der Waals surface area contributed by atoms with E-state index in [2.05, 4.69) is 57.4 Å². The molecule has 170 valence electrons. The van der Waals surface area contributed by atoms with E-state index in [0.717, 1.165) is 35.7 Å². The van der Waals surface area contributed by atoms with Crippen molar-refractivity contribution >= 4 is 42.4 Å². The number of aromatic nitrogens is 1. The smallest absolute Gasteiger partial charge is 0.243 e. The lowest BCUT2D eigenvalue weighted by Crippen LogP contribution is -2.48. The third-order valence-corrected chi connectivity index (χ3v) is 9.22. The molecule has 2 aromatic carbocycles. The first-order valence-electron chi connectivity index (χ1n) is 10.9. The molecule has 0 radical (unpaired) electrons. The molecule has 4 rings (SSSR count). The molecule has 0 atom stereocenters. The second-order valence-electron chi connectivity index (χ2n) is 8.03. The molecule has 1 aliphatic heterocycles. The second kappa shape index (κ2) is 10.5. The predicted molar refractivity (Wildman–Crippen MR) is 135 cm³/mol. The summed E-state index contributed by atoms with van der Waals surface area (Å²) < 4.78 is 27.6. The van der Waals surface area contributed by atoms with E-state index >= 15 is 0 Å². The van der Waals surface area contributed by atoms with Crippen molar-refractivity contribution in [1.29, 1.82) is 0 Å². The molecule has 0 unspecified atom stereocenters. The number of alkyl halides is 1. The van der Waals surface area contributed by atoms with Crippen LogP contribution in [0.15, 0.2) is 58.8 Å². The van der Waals surface area contributed by atoms with Crippen molar-refractivity contribution in [3.8, 4) is 0 Å². The van der Waals surface area contributed by atoms with Crippen LogP contribution in [0, 0.1) is 0 Å². The van der Waals surface area contributed by atoms with Gasteiger partial charge in [-0.05, 0) is 35.2 Å². The zero-order valence-electron chi connectivity index (χ0n) is 18.2. The van der Waals surface area contributed by atoms with Crippen LogP contribution in [0.1, 0.15) is 35.7 Å². The zero-order valence-corrected chi connectivity index (χ0v) is 21.4. The van der Waals surface area contributed by atoms with Gasteiger partial charge in [0, 0.05) is 43.3 Å². The fourth-order valence-electron chi connectivity index (χ4n) is 3.86. The van der Waals surface area contributed by atoms with Gasteiger partial charge in [0.25, 0.3) is 0 Å². The maximum Gasteiger partial charge on any atom is 0.243 e. The van der Waals surface area contributed by atoms with E-state index in [-0.39, 0.29) is 0 Å². The monoisotopic (exact) mass is 533 g/mol. The summed E-state index contributed by atoms with van der Waals surface area (Å²) in [5, 5.41) is 3.80. The summed E-state index contributed by atoms with van der Waals surface area (Å²) in [6.45, 7) is 4.43. The molecule has 0 N–H and O–H groups in total. The van der Waals surface area contributed by atoms with Crippen molar-refractivity contribution in [2.45, 2.75) is 36.4 Å². The van der Waals surface area contributed by atoms with Gasteiger partial charge < -0.3 is 4.90 Å². The van der Waals surface area contributed by atoms with Crippen molar-refractivity contribution in [1.82, 2.24) is 9.29 Å². The van der Waals surface area contributed by atoms with Gasteiger partial charge in [0.2, 0.25) is 10.0 Å². The van der Waals surface area contributed by atoms with Crippen LogP contribution in [0.5, 0.6) is 0 Å². The molecule has 0 amide bonds. The largest absolute Gasteiger partial charge is 0.345 e. The standard InChI is InChI=1S/C24H28BrN3O2S2/c1-2-3-19-4-6-20(7-5-19)16-22-18-31-24(26-22)27-12-14-28(15-13-27)32(29,30)23-10-8-21(17-25)9-11-23/h4-11,18H,2-3,12-17H2,1H3. The summed E-state index contributed by atoms with van der Waals surface area (Å²) in [4.78, 5) is 7.38. The summed E-state index contributed by atoms with van der Waals surface area (Å²) in [5.41, 5.74) is 4.77. The average Bonchev–Trinajstić information content (AvgIpc) is 3.29. The van der Waals surface area contributed by atoms with E-state index in [0.29, 0.717) is 36.4 Å². The number of hydrogen-bond acceptors (Lipinski definition) is 5. The minimum absolute atomic E-state index is 0.358. The minimum atomic E-state index is -3.46. The van der Waals surface area contributed by atoms with Gasteiger partial charge in [-0.25, -0.2) is 13.4 Å². The SMILES string of the molecule is CCCc1ccc(Cc2csc(N3CCN(S(=O)(=O)c4ccc(CBr)cc4)CC3)n2)cc1. The molecule has 32 heavy (non-hydrogen) atoms. The maximum atomic E-state index is 13.0. The van der Waals surface area contributed by atoms with Crippen LogP contribution in [-0.4, -0.2) is 43.9 Å². The fraction of sp³-hybridized carbons (Fsp3) is 0.375. The van der Waals surface area contributed by atoms with Crippen molar-refractivity contribution in [2.75, 3.05) is 31.1 Å². The molecular formula is C24H28BrN3O2S2. The quantitative estimate of drug-likeness (QED) is 0.378. The summed E-state index contributed by atoms with van der Waals surface area (Å²) in [7, 11) is -3.46. The molecule has 1 saturated heterocycles. The summed E-state index contributed by atoms with van der Waals surface area (Å²) >= 11 is 5.03. The molecule has 3 aromatic rings. The number of nitrogens with zero attached hydrogens (tertiary/aromatic N) is 3. The highest BCUT2D eigenvalue weighted by molar-refractivity contribution is 9.08.